The first-order valence-electron chi connectivity index (χ1n) is 10.9. The van der Waals surface area contributed by atoms with Gasteiger partial charge in [-0.2, -0.15) is 0 Å². The Balaban J connectivity index is 1.59. The van der Waals surface area contributed by atoms with E-state index in [4.69, 9.17) is 36.5 Å². The van der Waals surface area contributed by atoms with Gasteiger partial charge in [-0.05, 0) is 47.9 Å². The smallest absolute Gasteiger partial charge is 0.216 e. The zero-order chi connectivity index (χ0) is 23.2. The second kappa shape index (κ2) is 8.59. The van der Waals surface area contributed by atoms with Crippen molar-refractivity contribution in [1.29, 1.82) is 0 Å². The number of ether oxygens (including phenoxy) is 3. The van der Waals surface area contributed by atoms with Crippen LogP contribution in [0.2, 0.25) is 5.02 Å². The van der Waals surface area contributed by atoms with Crippen molar-refractivity contribution in [3.63, 3.8) is 0 Å². The maximum Gasteiger partial charge on any atom is 0.216 e. The predicted octanol–water partition coefficient (Wildman–Crippen LogP) is 3.89. The van der Waals surface area contributed by atoms with E-state index in [2.05, 4.69) is 0 Å². The Morgan fingerprint density at radius 2 is 2.03 bits per heavy atom. The van der Waals surface area contributed by atoms with Gasteiger partial charge in [-0.1, -0.05) is 17.7 Å². The highest BCUT2D eigenvalue weighted by molar-refractivity contribution is 6.30. The number of nitrogens with zero attached hydrogens (tertiary/aromatic N) is 2. The molecule has 3 aliphatic rings. The topological polar surface area (TPSA) is 86.4 Å². The summed E-state index contributed by atoms with van der Waals surface area (Å²) in [6, 6.07) is 9.69. The van der Waals surface area contributed by atoms with E-state index < -0.39 is 17.6 Å². The lowest BCUT2D eigenvalue weighted by atomic mass is 9.74. The van der Waals surface area contributed by atoms with Gasteiger partial charge in [-0.25, -0.2) is 9.38 Å². The standard InChI is InChI=1S/C24H25ClFN3O4/c1-29(13-30)23(27)28-22-18-10-14(15-8-16(25)11-17(26)9-15)2-3-20(18)33-21-4-5-24(12-19(21)22)31-6-7-32-24/h2-3,8-11,13,19,21-22H,4-7,12H2,1H3,(H2,27,28)/t19-,21?,22?/m0/s1. The molecule has 1 amide bonds. The lowest BCUT2D eigenvalue weighted by Gasteiger charge is -2.46. The molecule has 1 saturated carbocycles. The summed E-state index contributed by atoms with van der Waals surface area (Å²) in [6.45, 7) is 1.12. The molecule has 7 nitrogen and oxygen atoms in total. The molecule has 0 bridgehead atoms. The molecular formula is C24H25ClFN3O4. The predicted molar refractivity (Wildman–Crippen MR) is 121 cm³/mol. The van der Waals surface area contributed by atoms with Crippen molar-refractivity contribution in [2.75, 3.05) is 20.3 Å². The maximum absolute atomic E-state index is 14.0. The van der Waals surface area contributed by atoms with Crippen molar-refractivity contribution in [3.8, 4) is 16.9 Å². The number of fused-ring (bicyclic) bond motifs is 2. The second-order valence-electron chi connectivity index (χ2n) is 8.73. The highest BCUT2D eigenvalue weighted by atomic mass is 35.5. The van der Waals surface area contributed by atoms with E-state index in [1.54, 1.807) is 13.1 Å². The highest BCUT2D eigenvalue weighted by Crippen LogP contribution is 2.51. The van der Waals surface area contributed by atoms with Crippen molar-refractivity contribution >= 4 is 24.0 Å². The Kier molecular flexibility index (Phi) is 5.76. The van der Waals surface area contributed by atoms with Gasteiger partial charge in [0.05, 0.1) is 19.3 Å². The van der Waals surface area contributed by atoms with Gasteiger partial charge < -0.3 is 19.9 Å². The largest absolute Gasteiger partial charge is 0.490 e. The van der Waals surface area contributed by atoms with E-state index in [0.29, 0.717) is 42.4 Å². The number of rotatable bonds is 3. The van der Waals surface area contributed by atoms with Crippen LogP contribution in [0.5, 0.6) is 5.75 Å². The molecule has 174 valence electrons. The Bertz CT molecular complexity index is 1080. The lowest BCUT2D eigenvalue weighted by molar-refractivity contribution is -0.204. The second-order valence-corrected chi connectivity index (χ2v) is 9.17. The average molecular weight is 474 g/mol. The number of carbonyl (C=O) groups excluding carboxylic acids is 1. The molecule has 0 radical (unpaired) electrons. The average Bonchev–Trinajstić information content (AvgIpc) is 3.25. The number of nitrogens with two attached hydrogens (primary N) is 1. The molecule has 2 N–H and O–H groups in total. The fourth-order valence-corrected chi connectivity index (χ4v) is 5.24. The van der Waals surface area contributed by atoms with E-state index in [9.17, 15) is 9.18 Å². The number of amides is 1. The number of halogens is 2. The Labute approximate surface area is 196 Å². The number of hydrogen-bond acceptors (Lipinski definition) is 5. The minimum atomic E-state index is -0.644. The summed E-state index contributed by atoms with van der Waals surface area (Å²) in [5.41, 5.74) is 8.38. The highest BCUT2D eigenvalue weighted by Gasteiger charge is 2.51. The summed E-state index contributed by atoms with van der Waals surface area (Å²) in [6.07, 6.45) is 2.62. The third-order valence-corrected chi connectivity index (χ3v) is 6.86. The minimum absolute atomic E-state index is 0.0747. The molecule has 1 spiro atoms. The van der Waals surface area contributed by atoms with E-state index in [-0.39, 0.29) is 18.0 Å². The van der Waals surface area contributed by atoms with Crippen LogP contribution in [0.4, 0.5) is 4.39 Å². The lowest BCUT2D eigenvalue weighted by Crippen LogP contribution is -2.48. The van der Waals surface area contributed by atoms with E-state index in [1.807, 2.05) is 18.2 Å². The Morgan fingerprint density at radius 1 is 1.24 bits per heavy atom. The molecule has 9 heteroatoms. The first-order valence-corrected chi connectivity index (χ1v) is 11.3. The molecule has 5 rings (SSSR count). The fourth-order valence-electron chi connectivity index (χ4n) is 5.02. The number of hydrogen-bond donors (Lipinski definition) is 1. The van der Waals surface area contributed by atoms with E-state index in [1.165, 1.54) is 17.0 Å². The molecule has 1 saturated heterocycles. The van der Waals surface area contributed by atoms with Crippen LogP contribution in [0.25, 0.3) is 11.1 Å². The van der Waals surface area contributed by atoms with Crippen molar-refractivity contribution in [2.45, 2.75) is 37.2 Å². The molecule has 2 fully saturated rings. The van der Waals surface area contributed by atoms with Crippen LogP contribution < -0.4 is 10.5 Å². The molecule has 3 atom stereocenters. The van der Waals surface area contributed by atoms with Gasteiger partial charge in [0, 0.05) is 36.4 Å². The molecule has 2 aromatic rings. The third kappa shape index (κ3) is 4.18. The van der Waals surface area contributed by atoms with Gasteiger partial charge in [0.1, 0.15) is 17.7 Å². The van der Waals surface area contributed by atoms with Crippen molar-refractivity contribution in [2.24, 2.45) is 16.6 Å². The molecule has 1 aliphatic carbocycles. The first kappa shape index (κ1) is 22.1. The molecule has 2 aliphatic heterocycles. The van der Waals surface area contributed by atoms with E-state index in [0.717, 1.165) is 24.0 Å². The maximum atomic E-state index is 14.0. The van der Waals surface area contributed by atoms with Crippen LogP contribution in [0, 0.1) is 11.7 Å². The SMILES string of the molecule is CN(C=O)C(N)=NC1c2cc(-c3cc(F)cc(Cl)c3)ccc2OC2CCC3(C[C@@H]21)OCCO3. The van der Waals surface area contributed by atoms with E-state index >= 15 is 0 Å². The molecule has 0 aromatic heterocycles. The molecule has 2 heterocycles. The van der Waals surface area contributed by atoms with Gasteiger partial charge in [0.2, 0.25) is 6.41 Å². The van der Waals surface area contributed by atoms with Gasteiger partial charge in [-0.3, -0.25) is 9.69 Å². The van der Waals surface area contributed by atoms with Crippen LogP contribution in [-0.2, 0) is 14.3 Å². The van der Waals surface area contributed by atoms with Crippen molar-refractivity contribution < 1.29 is 23.4 Å². The van der Waals surface area contributed by atoms with Gasteiger partial charge in [0.25, 0.3) is 0 Å². The van der Waals surface area contributed by atoms with Gasteiger partial charge in [0.15, 0.2) is 11.7 Å². The van der Waals surface area contributed by atoms with Gasteiger partial charge in [-0.15, -0.1) is 0 Å². The first-order chi connectivity index (χ1) is 15.9. The van der Waals surface area contributed by atoms with Crippen LogP contribution in [0.3, 0.4) is 0 Å². The molecular weight excluding hydrogens is 449 g/mol. The van der Waals surface area contributed by atoms with Crippen LogP contribution >= 0.6 is 11.6 Å². The van der Waals surface area contributed by atoms with Gasteiger partial charge >= 0.3 is 0 Å². The summed E-state index contributed by atoms with van der Waals surface area (Å²) in [5.74, 6) is -0.331. The summed E-state index contributed by atoms with van der Waals surface area (Å²) < 4.78 is 32.3. The number of aliphatic imine (C=N–C) groups is 1. The number of benzene rings is 2. The van der Waals surface area contributed by atoms with Crippen LogP contribution in [0.1, 0.15) is 30.9 Å². The van der Waals surface area contributed by atoms with Crippen LogP contribution in [-0.4, -0.2) is 49.4 Å². The molecule has 2 aromatic carbocycles. The monoisotopic (exact) mass is 473 g/mol. The Hall–Kier alpha value is -2.68. The summed E-state index contributed by atoms with van der Waals surface area (Å²) in [4.78, 5) is 17.3. The zero-order valence-electron chi connectivity index (χ0n) is 18.2. The third-order valence-electron chi connectivity index (χ3n) is 6.65. The minimum Gasteiger partial charge on any atom is -0.490 e. The summed E-state index contributed by atoms with van der Waals surface area (Å²) in [7, 11) is 1.56. The molecule has 2 unspecified atom stereocenters. The zero-order valence-corrected chi connectivity index (χ0v) is 18.9. The van der Waals surface area contributed by atoms with Crippen LogP contribution in [0.15, 0.2) is 41.4 Å². The Morgan fingerprint density at radius 3 is 2.76 bits per heavy atom. The number of carbonyl (C=O) groups is 1. The summed E-state index contributed by atoms with van der Waals surface area (Å²) >= 11 is 6.08. The van der Waals surface area contributed by atoms with Crippen molar-refractivity contribution in [3.05, 3.63) is 52.8 Å². The normalized spacial score (nSPS) is 25.8. The molecule has 33 heavy (non-hydrogen) atoms. The van der Waals surface area contributed by atoms with Crippen molar-refractivity contribution in [1.82, 2.24) is 4.90 Å². The quantitative estimate of drug-likeness (QED) is 0.415. The number of guanidine groups is 1. The fraction of sp³-hybridized carbons (Fsp3) is 0.417. The summed E-state index contributed by atoms with van der Waals surface area (Å²) in [5, 5.41) is 0.315.